The summed E-state index contributed by atoms with van der Waals surface area (Å²) in [7, 11) is 0. The minimum atomic E-state index is -0.287. The van der Waals surface area contributed by atoms with Crippen LogP contribution in [-0.2, 0) is 0 Å². The Hall–Kier alpha value is -1.09. The van der Waals surface area contributed by atoms with Crippen molar-refractivity contribution in [2.45, 2.75) is 18.9 Å². The highest BCUT2D eigenvalue weighted by molar-refractivity contribution is 5.23. The first-order valence-electron chi connectivity index (χ1n) is 4.97. The van der Waals surface area contributed by atoms with Crippen LogP contribution in [-0.4, -0.2) is 19.2 Å². The van der Waals surface area contributed by atoms with Crippen molar-refractivity contribution in [2.24, 2.45) is 0 Å². The predicted molar refractivity (Wildman–Crippen MR) is 52.9 cm³/mol. The van der Waals surface area contributed by atoms with Crippen LogP contribution in [0.4, 0.5) is 4.39 Å². The molecule has 2 rings (SSSR count). The van der Waals surface area contributed by atoms with Gasteiger partial charge in [-0.15, -0.1) is 0 Å². The van der Waals surface area contributed by atoms with Gasteiger partial charge in [0.25, 0.3) is 0 Å². The molecule has 0 aliphatic carbocycles. The molecule has 0 bridgehead atoms. The molecule has 0 saturated carbocycles. The highest BCUT2D eigenvalue weighted by atomic mass is 19.1. The van der Waals surface area contributed by atoms with E-state index in [0.717, 1.165) is 13.0 Å². The monoisotopic (exact) mass is 195 g/mol. The second-order valence-corrected chi connectivity index (χ2v) is 3.53. The summed E-state index contributed by atoms with van der Waals surface area (Å²) >= 11 is 0. The van der Waals surface area contributed by atoms with Gasteiger partial charge in [-0.05, 0) is 31.5 Å². The van der Waals surface area contributed by atoms with Gasteiger partial charge in [-0.2, -0.15) is 0 Å². The van der Waals surface area contributed by atoms with Crippen molar-refractivity contribution in [3.05, 3.63) is 30.1 Å². The lowest BCUT2D eigenvalue weighted by atomic mass is 10.2. The van der Waals surface area contributed by atoms with E-state index in [4.69, 9.17) is 4.74 Å². The fourth-order valence-electron chi connectivity index (χ4n) is 1.65. The van der Waals surface area contributed by atoms with Crippen LogP contribution in [0.2, 0.25) is 0 Å². The number of para-hydroxylation sites is 1. The maximum atomic E-state index is 13.1. The van der Waals surface area contributed by atoms with E-state index in [-0.39, 0.29) is 5.82 Å². The van der Waals surface area contributed by atoms with Gasteiger partial charge in [-0.25, -0.2) is 4.39 Å². The Kier molecular flexibility index (Phi) is 2.99. The first-order chi connectivity index (χ1) is 6.86. The van der Waals surface area contributed by atoms with Gasteiger partial charge < -0.3 is 10.1 Å². The van der Waals surface area contributed by atoms with Crippen molar-refractivity contribution in [3.8, 4) is 5.75 Å². The molecule has 1 aliphatic rings. The van der Waals surface area contributed by atoms with Gasteiger partial charge in [0.15, 0.2) is 11.6 Å². The summed E-state index contributed by atoms with van der Waals surface area (Å²) in [6, 6.07) is 6.90. The molecule has 0 amide bonds. The largest absolute Gasteiger partial charge is 0.489 e. The van der Waals surface area contributed by atoms with Gasteiger partial charge in [0.1, 0.15) is 6.61 Å². The Balaban J connectivity index is 1.88. The van der Waals surface area contributed by atoms with E-state index < -0.39 is 0 Å². The molecule has 1 aromatic carbocycles. The van der Waals surface area contributed by atoms with Crippen molar-refractivity contribution in [1.82, 2.24) is 5.32 Å². The highest BCUT2D eigenvalue weighted by Gasteiger charge is 2.14. The average Bonchev–Trinajstić information content (AvgIpc) is 2.69. The molecule has 0 radical (unpaired) electrons. The van der Waals surface area contributed by atoms with Crippen LogP contribution in [0.25, 0.3) is 0 Å². The van der Waals surface area contributed by atoms with Gasteiger partial charge in [0.2, 0.25) is 0 Å². The molecule has 0 spiro atoms. The van der Waals surface area contributed by atoms with Crippen molar-refractivity contribution in [1.29, 1.82) is 0 Å². The Labute approximate surface area is 83.1 Å². The molecule has 0 aromatic heterocycles. The number of benzene rings is 1. The van der Waals surface area contributed by atoms with Crippen molar-refractivity contribution in [3.63, 3.8) is 0 Å². The molecule has 0 unspecified atom stereocenters. The smallest absolute Gasteiger partial charge is 0.165 e. The Morgan fingerprint density at radius 2 is 2.29 bits per heavy atom. The fraction of sp³-hybridized carbons (Fsp3) is 0.455. The molecule has 76 valence electrons. The van der Waals surface area contributed by atoms with E-state index in [9.17, 15) is 4.39 Å². The van der Waals surface area contributed by atoms with E-state index in [1.54, 1.807) is 18.2 Å². The van der Waals surface area contributed by atoms with Crippen LogP contribution in [0.5, 0.6) is 5.75 Å². The van der Waals surface area contributed by atoms with Gasteiger partial charge in [0.05, 0.1) is 0 Å². The van der Waals surface area contributed by atoms with Crippen LogP contribution in [0.1, 0.15) is 12.8 Å². The molecule has 3 heteroatoms. The number of hydrogen-bond acceptors (Lipinski definition) is 2. The topological polar surface area (TPSA) is 21.3 Å². The second kappa shape index (κ2) is 4.42. The van der Waals surface area contributed by atoms with Gasteiger partial charge >= 0.3 is 0 Å². The molecule has 14 heavy (non-hydrogen) atoms. The Morgan fingerprint density at radius 1 is 1.43 bits per heavy atom. The normalized spacial score (nSPS) is 21.1. The number of nitrogens with one attached hydrogen (secondary N) is 1. The van der Waals surface area contributed by atoms with Gasteiger partial charge in [-0.3, -0.25) is 0 Å². The van der Waals surface area contributed by atoms with Crippen LogP contribution in [0.15, 0.2) is 24.3 Å². The van der Waals surface area contributed by atoms with Crippen molar-refractivity contribution >= 4 is 0 Å². The quantitative estimate of drug-likeness (QED) is 0.796. The Bertz CT molecular complexity index is 297. The third-order valence-electron chi connectivity index (χ3n) is 2.44. The minimum absolute atomic E-state index is 0.287. The maximum absolute atomic E-state index is 13.1. The van der Waals surface area contributed by atoms with E-state index in [2.05, 4.69) is 5.32 Å². The van der Waals surface area contributed by atoms with E-state index >= 15 is 0 Å². The molecular formula is C11H14FNO. The summed E-state index contributed by atoms with van der Waals surface area (Å²) in [5.41, 5.74) is 0. The number of ether oxygens (including phenoxy) is 1. The Morgan fingerprint density at radius 3 is 3.00 bits per heavy atom. The molecule has 1 saturated heterocycles. The minimum Gasteiger partial charge on any atom is -0.489 e. The summed E-state index contributed by atoms with van der Waals surface area (Å²) in [6.07, 6.45) is 2.31. The molecule has 1 aromatic rings. The summed E-state index contributed by atoms with van der Waals surface area (Å²) in [5.74, 6) is 0.0618. The zero-order chi connectivity index (χ0) is 9.80. The molecule has 1 heterocycles. The summed E-state index contributed by atoms with van der Waals surface area (Å²) in [5, 5.41) is 3.30. The second-order valence-electron chi connectivity index (χ2n) is 3.53. The van der Waals surface area contributed by atoms with Crippen molar-refractivity contribution in [2.75, 3.05) is 13.2 Å². The van der Waals surface area contributed by atoms with Gasteiger partial charge in [0, 0.05) is 6.04 Å². The van der Waals surface area contributed by atoms with E-state index in [0.29, 0.717) is 18.4 Å². The summed E-state index contributed by atoms with van der Waals surface area (Å²) in [4.78, 5) is 0. The lowest BCUT2D eigenvalue weighted by Gasteiger charge is -2.12. The third-order valence-corrected chi connectivity index (χ3v) is 2.44. The lowest BCUT2D eigenvalue weighted by Crippen LogP contribution is -2.28. The van der Waals surface area contributed by atoms with Crippen LogP contribution in [0.3, 0.4) is 0 Å². The van der Waals surface area contributed by atoms with E-state index in [1.165, 1.54) is 12.5 Å². The first-order valence-corrected chi connectivity index (χ1v) is 4.97. The fourth-order valence-corrected chi connectivity index (χ4v) is 1.65. The lowest BCUT2D eigenvalue weighted by molar-refractivity contribution is 0.265. The van der Waals surface area contributed by atoms with Crippen LogP contribution < -0.4 is 10.1 Å². The zero-order valence-electron chi connectivity index (χ0n) is 8.00. The first kappa shape index (κ1) is 9.46. The van der Waals surface area contributed by atoms with E-state index in [1.807, 2.05) is 0 Å². The number of rotatable bonds is 3. The van der Waals surface area contributed by atoms with Crippen molar-refractivity contribution < 1.29 is 9.13 Å². The number of hydrogen-bond donors (Lipinski definition) is 1. The van der Waals surface area contributed by atoms with Crippen LogP contribution in [0, 0.1) is 5.82 Å². The van der Waals surface area contributed by atoms with Crippen LogP contribution >= 0.6 is 0 Å². The summed E-state index contributed by atoms with van der Waals surface area (Å²) in [6.45, 7) is 1.60. The standard InChI is InChI=1S/C11H14FNO/c12-10-5-1-2-6-11(10)14-8-9-4-3-7-13-9/h1-2,5-6,9,13H,3-4,7-8H2/t9-/m0/s1. The number of halogens is 1. The molecule has 1 aliphatic heterocycles. The SMILES string of the molecule is Fc1ccccc1OC[C@@H]1CCCN1. The highest BCUT2D eigenvalue weighted by Crippen LogP contribution is 2.16. The molecule has 1 atom stereocenters. The predicted octanol–water partition coefficient (Wildman–Crippen LogP) is 1.96. The zero-order valence-corrected chi connectivity index (χ0v) is 8.00. The maximum Gasteiger partial charge on any atom is 0.165 e. The average molecular weight is 195 g/mol. The molecule has 1 fully saturated rings. The van der Waals surface area contributed by atoms with Gasteiger partial charge in [-0.1, -0.05) is 12.1 Å². The summed E-state index contributed by atoms with van der Waals surface area (Å²) < 4.78 is 18.5. The molecule has 1 N–H and O–H groups in total. The molecule has 2 nitrogen and oxygen atoms in total. The third kappa shape index (κ3) is 2.23. The molecular weight excluding hydrogens is 181 g/mol.